The molecule has 0 saturated heterocycles. The molecule has 4 rings (SSSR count). The number of nitrogens with one attached hydrogen (secondary N) is 1. The number of benzene rings is 4. The second kappa shape index (κ2) is 13.5. The minimum absolute atomic E-state index is 0.0971. The maximum Gasteiger partial charge on any atom is 0.247 e. The lowest BCUT2D eigenvalue weighted by atomic mass is 10.0. The summed E-state index contributed by atoms with van der Waals surface area (Å²) >= 11 is 6.01. The SMILES string of the molecule is COc1ccc(CN(C(=O)CCc2ccccc2)[C@@H](C(=O)NCc2ccc(Cl)cc2)c2ccccc2)cc1. The Bertz CT molecular complexity index is 1310. The van der Waals surface area contributed by atoms with Crippen LogP contribution >= 0.6 is 11.6 Å². The lowest BCUT2D eigenvalue weighted by Gasteiger charge is -2.32. The highest BCUT2D eigenvalue weighted by Gasteiger charge is 2.31. The minimum atomic E-state index is -0.797. The molecular formula is C32H31ClN2O3. The van der Waals surface area contributed by atoms with Crippen LogP contribution in [0, 0.1) is 0 Å². The Hall–Kier alpha value is -4.09. The van der Waals surface area contributed by atoms with E-state index in [1.807, 2.05) is 97.1 Å². The van der Waals surface area contributed by atoms with Crippen LogP contribution in [0.25, 0.3) is 0 Å². The van der Waals surface area contributed by atoms with Gasteiger partial charge in [0.2, 0.25) is 11.8 Å². The highest BCUT2D eigenvalue weighted by molar-refractivity contribution is 6.30. The van der Waals surface area contributed by atoms with Gasteiger partial charge in [-0.25, -0.2) is 0 Å². The van der Waals surface area contributed by atoms with E-state index >= 15 is 0 Å². The normalized spacial score (nSPS) is 11.4. The lowest BCUT2D eigenvalue weighted by molar-refractivity contribution is -0.141. The van der Waals surface area contributed by atoms with Crippen LogP contribution in [-0.2, 0) is 29.1 Å². The quantitative estimate of drug-likeness (QED) is 0.247. The van der Waals surface area contributed by atoms with Crippen molar-refractivity contribution in [3.8, 4) is 5.75 Å². The Balaban J connectivity index is 1.62. The van der Waals surface area contributed by atoms with Gasteiger partial charge in [-0.2, -0.15) is 0 Å². The van der Waals surface area contributed by atoms with Crippen molar-refractivity contribution in [2.75, 3.05) is 7.11 Å². The number of ether oxygens (including phenoxy) is 1. The number of nitrogens with zero attached hydrogens (tertiary/aromatic N) is 1. The molecule has 0 spiro atoms. The molecule has 0 fully saturated rings. The summed E-state index contributed by atoms with van der Waals surface area (Å²) in [6.07, 6.45) is 0.876. The van der Waals surface area contributed by atoms with Crippen LogP contribution < -0.4 is 10.1 Å². The molecule has 6 heteroatoms. The first-order valence-electron chi connectivity index (χ1n) is 12.6. The molecule has 0 heterocycles. The average molecular weight is 527 g/mol. The molecule has 0 radical (unpaired) electrons. The Morgan fingerprint density at radius 3 is 2.03 bits per heavy atom. The van der Waals surface area contributed by atoms with E-state index in [0.717, 1.165) is 28.0 Å². The summed E-state index contributed by atoms with van der Waals surface area (Å²) in [7, 11) is 1.62. The van der Waals surface area contributed by atoms with Gasteiger partial charge in [-0.1, -0.05) is 96.5 Å². The average Bonchev–Trinajstić information content (AvgIpc) is 2.96. The van der Waals surface area contributed by atoms with Gasteiger partial charge < -0.3 is 15.0 Å². The largest absolute Gasteiger partial charge is 0.497 e. The zero-order valence-electron chi connectivity index (χ0n) is 21.3. The van der Waals surface area contributed by atoms with Crippen molar-refractivity contribution in [1.29, 1.82) is 0 Å². The zero-order valence-corrected chi connectivity index (χ0v) is 22.1. The molecule has 194 valence electrons. The summed E-state index contributed by atoms with van der Waals surface area (Å²) in [6, 6.07) is 33.4. The molecule has 0 aliphatic heterocycles. The Morgan fingerprint density at radius 2 is 1.39 bits per heavy atom. The number of halogens is 1. The maximum atomic E-state index is 13.8. The van der Waals surface area contributed by atoms with Gasteiger partial charge in [0.1, 0.15) is 11.8 Å². The number of carbonyl (C=O) groups is 2. The fourth-order valence-electron chi connectivity index (χ4n) is 4.29. The smallest absolute Gasteiger partial charge is 0.247 e. The van der Waals surface area contributed by atoms with E-state index in [2.05, 4.69) is 5.32 Å². The molecular weight excluding hydrogens is 496 g/mol. The number of aryl methyl sites for hydroxylation is 1. The number of carbonyl (C=O) groups excluding carboxylic acids is 2. The van der Waals surface area contributed by atoms with Crippen LogP contribution in [0.4, 0.5) is 0 Å². The molecule has 38 heavy (non-hydrogen) atoms. The van der Waals surface area contributed by atoms with Crippen molar-refractivity contribution in [1.82, 2.24) is 10.2 Å². The van der Waals surface area contributed by atoms with Crippen LogP contribution in [0.15, 0.2) is 109 Å². The molecule has 4 aromatic rings. The van der Waals surface area contributed by atoms with E-state index in [1.165, 1.54) is 0 Å². The van der Waals surface area contributed by atoms with Gasteiger partial charge >= 0.3 is 0 Å². The third-order valence-electron chi connectivity index (χ3n) is 6.36. The van der Waals surface area contributed by atoms with Crippen molar-refractivity contribution in [2.45, 2.75) is 32.0 Å². The topological polar surface area (TPSA) is 58.6 Å². The first-order chi connectivity index (χ1) is 18.5. The summed E-state index contributed by atoms with van der Waals surface area (Å²) in [5.41, 5.74) is 3.66. The van der Waals surface area contributed by atoms with Gasteiger partial charge in [-0.05, 0) is 52.9 Å². The summed E-state index contributed by atoms with van der Waals surface area (Å²) in [5, 5.41) is 3.67. The zero-order chi connectivity index (χ0) is 26.7. The molecule has 0 aliphatic carbocycles. The van der Waals surface area contributed by atoms with Gasteiger partial charge in [0.05, 0.1) is 7.11 Å². The molecule has 2 amide bonds. The Kier molecular flexibility index (Phi) is 9.54. The molecule has 0 aromatic heterocycles. The Morgan fingerprint density at radius 1 is 0.789 bits per heavy atom. The fourth-order valence-corrected chi connectivity index (χ4v) is 4.41. The van der Waals surface area contributed by atoms with Crippen LogP contribution in [0.3, 0.4) is 0 Å². The van der Waals surface area contributed by atoms with Gasteiger partial charge in [0.25, 0.3) is 0 Å². The third kappa shape index (κ3) is 7.46. The maximum absolute atomic E-state index is 13.8. The predicted octanol–water partition coefficient (Wildman–Crippen LogP) is 6.37. The fraction of sp³-hybridized carbons (Fsp3) is 0.188. The standard InChI is InChI=1S/C32H31ClN2O3/c1-38-29-19-14-26(15-20-29)23-35(30(36)21-16-24-8-4-2-5-9-24)31(27-10-6-3-7-11-27)32(37)34-22-25-12-17-28(33)18-13-25/h2-15,17-20,31H,16,21-23H2,1H3,(H,34,37)/t31-/m1/s1. The van der Waals surface area contributed by atoms with E-state index in [0.29, 0.717) is 18.0 Å². The first kappa shape index (κ1) is 27.0. The predicted molar refractivity (Wildman–Crippen MR) is 151 cm³/mol. The third-order valence-corrected chi connectivity index (χ3v) is 6.61. The molecule has 5 nitrogen and oxygen atoms in total. The molecule has 4 aromatic carbocycles. The molecule has 1 atom stereocenters. The van der Waals surface area contributed by atoms with Crippen molar-refractivity contribution in [3.05, 3.63) is 136 Å². The minimum Gasteiger partial charge on any atom is -0.497 e. The van der Waals surface area contributed by atoms with Crippen LogP contribution in [0.2, 0.25) is 5.02 Å². The van der Waals surface area contributed by atoms with Crippen molar-refractivity contribution in [3.63, 3.8) is 0 Å². The second-order valence-corrected chi connectivity index (χ2v) is 9.45. The van der Waals surface area contributed by atoms with Gasteiger partial charge in [0.15, 0.2) is 0 Å². The second-order valence-electron chi connectivity index (χ2n) is 9.01. The number of hydrogen-bond donors (Lipinski definition) is 1. The van der Waals surface area contributed by atoms with Crippen LogP contribution in [0.5, 0.6) is 5.75 Å². The van der Waals surface area contributed by atoms with Gasteiger partial charge in [-0.15, -0.1) is 0 Å². The number of hydrogen-bond acceptors (Lipinski definition) is 3. The summed E-state index contributed by atoms with van der Waals surface area (Å²) < 4.78 is 5.29. The van der Waals surface area contributed by atoms with E-state index in [-0.39, 0.29) is 24.8 Å². The number of methoxy groups -OCH3 is 1. The highest BCUT2D eigenvalue weighted by Crippen LogP contribution is 2.26. The summed E-state index contributed by atoms with van der Waals surface area (Å²) in [6.45, 7) is 0.611. The van der Waals surface area contributed by atoms with E-state index in [4.69, 9.17) is 16.3 Å². The van der Waals surface area contributed by atoms with Gasteiger partial charge in [0, 0.05) is 24.5 Å². The van der Waals surface area contributed by atoms with E-state index in [9.17, 15) is 9.59 Å². The monoisotopic (exact) mass is 526 g/mol. The lowest BCUT2D eigenvalue weighted by Crippen LogP contribution is -2.43. The van der Waals surface area contributed by atoms with Gasteiger partial charge in [-0.3, -0.25) is 9.59 Å². The molecule has 0 unspecified atom stereocenters. The highest BCUT2D eigenvalue weighted by atomic mass is 35.5. The molecule has 0 bridgehead atoms. The van der Waals surface area contributed by atoms with Crippen molar-refractivity contribution >= 4 is 23.4 Å². The Labute approximate surface area is 229 Å². The number of amides is 2. The van der Waals surface area contributed by atoms with Crippen molar-refractivity contribution < 1.29 is 14.3 Å². The summed E-state index contributed by atoms with van der Waals surface area (Å²) in [4.78, 5) is 29.2. The molecule has 1 N–H and O–H groups in total. The number of rotatable bonds is 11. The van der Waals surface area contributed by atoms with E-state index in [1.54, 1.807) is 24.1 Å². The van der Waals surface area contributed by atoms with E-state index < -0.39 is 6.04 Å². The van der Waals surface area contributed by atoms with Crippen LogP contribution in [-0.4, -0.2) is 23.8 Å². The van der Waals surface area contributed by atoms with Crippen LogP contribution in [0.1, 0.15) is 34.7 Å². The van der Waals surface area contributed by atoms with Crippen molar-refractivity contribution in [2.24, 2.45) is 0 Å². The molecule has 0 saturated carbocycles. The molecule has 0 aliphatic rings. The first-order valence-corrected chi connectivity index (χ1v) is 12.9. The summed E-state index contributed by atoms with van der Waals surface area (Å²) in [5.74, 6) is 0.393.